The van der Waals surface area contributed by atoms with Gasteiger partial charge in [0.15, 0.2) is 0 Å². The summed E-state index contributed by atoms with van der Waals surface area (Å²) in [6.07, 6.45) is 0. The molecule has 22 heavy (non-hydrogen) atoms. The summed E-state index contributed by atoms with van der Waals surface area (Å²) in [4.78, 5) is 22.5. The second-order valence-corrected chi connectivity index (χ2v) is 4.74. The summed E-state index contributed by atoms with van der Waals surface area (Å²) in [6, 6.07) is 7.48. The first-order valence-electron chi connectivity index (χ1n) is 6.51. The molecule has 0 heterocycles. The molecule has 0 radical (unpaired) electrons. The predicted molar refractivity (Wildman–Crippen MR) is 80.4 cm³/mol. The lowest BCUT2D eigenvalue weighted by atomic mass is 10.0. The van der Waals surface area contributed by atoms with E-state index in [9.17, 15) is 18.4 Å². The average molecular weight is 304 g/mol. The van der Waals surface area contributed by atoms with E-state index in [1.165, 1.54) is 50.2 Å². The number of hydrogen-bond acceptors (Lipinski definition) is 2. The molecule has 2 aromatic rings. The number of rotatable bonds is 3. The fourth-order valence-electron chi connectivity index (χ4n) is 2.08. The van der Waals surface area contributed by atoms with Crippen molar-refractivity contribution < 1.29 is 18.4 Å². The van der Waals surface area contributed by atoms with Crippen LogP contribution in [0.1, 0.15) is 13.8 Å². The molecule has 0 saturated carbocycles. The highest BCUT2D eigenvalue weighted by atomic mass is 19.1. The summed E-state index contributed by atoms with van der Waals surface area (Å²) < 4.78 is 27.1. The van der Waals surface area contributed by atoms with Crippen LogP contribution in [-0.4, -0.2) is 11.8 Å². The maximum atomic E-state index is 13.6. The number of nitrogens with one attached hydrogen (secondary N) is 2. The van der Waals surface area contributed by atoms with E-state index in [1.807, 2.05) is 0 Å². The van der Waals surface area contributed by atoms with Crippen LogP contribution in [0.3, 0.4) is 0 Å². The molecule has 0 bridgehead atoms. The van der Waals surface area contributed by atoms with Crippen molar-refractivity contribution in [1.82, 2.24) is 0 Å². The number of carbonyl (C=O) groups excluding carboxylic acids is 2. The molecule has 4 nitrogen and oxygen atoms in total. The molecule has 0 aromatic heterocycles. The average Bonchev–Trinajstić information content (AvgIpc) is 2.42. The number of amides is 2. The third kappa shape index (κ3) is 3.66. The van der Waals surface area contributed by atoms with Gasteiger partial charge >= 0.3 is 0 Å². The van der Waals surface area contributed by atoms with Gasteiger partial charge in [0, 0.05) is 36.3 Å². The van der Waals surface area contributed by atoms with Gasteiger partial charge in [0.25, 0.3) is 0 Å². The van der Waals surface area contributed by atoms with E-state index in [0.29, 0.717) is 11.4 Å². The first-order chi connectivity index (χ1) is 10.4. The van der Waals surface area contributed by atoms with Gasteiger partial charge in [0.05, 0.1) is 0 Å². The SMILES string of the molecule is CC(=O)Nc1ccc(F)cc1-c1cc(F)ccc1NC(C)=O. The molecule has 2 rings (SSSR count). The zero-order valence-electron chi connectivity index (χ0n) is 12.0. The van der Waals surface area contributed by atoms with E-state index in [4.69, 9.17) is 0 Å². The summed E-state index contributed by atoms with van der Waals surface area (Å²) in [5.74, 6) is -1.76. The minimum Gasteiger partial charge on any atom is -0.326 e. The van der Waals surface area contributed by atoms with Gasteiger partial charge in [-0.1, -0.05) is 0 Å². The van der Waals surface area contributed by atoms with Crippen LogP contribution in [0.5, 0.6) is 0 Å². The zero-order valence-corrected chi connectivity index (χ0v) is 12.0. The van der Waals surface area contributed by atoms with Crippen LogP contribution in [0.4, 0.5) is 20.2 Å². The Kier molecular flexibility index (Phi) is 4.50. The molecule has 114 valence electrons. The topological polar surface area (TPSA) is 58.2 Å². The second-order valence-electron chi connectivity index (χ2n) is 4.74. The second kappa shape index (κ2) is 6.34. The summed E-state index contributed by atoms with van der Waals surface area (Å²) >= 11 is 0. The fourth-order valence-corrected chi connectivity index (χ4v) is 2.08. The van der Waals surface area contributed by atoms with Gasteiger partial charge < -0.3 is 10.6 Å². The van der Waals surface area contributed by atoms with Gasteiger partial charge in [-0.3, -0.25) is 9.59 Å². The van der Waals surface area contributed by atoms with Crippen molar-refractivity contribution in [2.45, 2.75) is 13.8 Å². The van der Waals surface area contributed by atoms with Crippen LogP contribution < -0.4 is 10.6 Å². The summed E-state index contributed by atoms with van der Waals surface area (Å²) in [6.45, 7) is 2.63. The van der Waals surface area contributed by atoms with Crippen LogP contribution >= 0.6 is 0 Å². The maximum absolute atomic E-state index is 13.6. The quantitative estimate of drug-likeness (QED) is 0.911. The Bertz CT molecular complexity index is 681. The molecule has 2 amide bonds. The summed E-state index contributed by atoms with van der Waals surface area (Å²) in [7, 11) is 0. The molecular weight excluding hydrogens is 290 g/mol. The molecular formula is C16H14F2N2O2. The van der Waals surface area contributed by atoms with Crippen LogP contribution in [0.25, 0.3) is 11.1 Å². The van der Waals surface area contributed by atoms with E-state index in [2.05, 4.69) is 10.6 Å². The maximum Gasteiger partial charge on any atom is 0.221 e. The Morgan fingerprint density at radius 2 is 1.14 bits per heavy atom. The number of carbonyl (C=O) groups is 2. The van der Waals surface area contributed by atoms with E-state index < -0.39 is 11.6 Å². The van der Waals surface area contributed by atoms with E-state index >= 15 is 0 Å². The summed E-state index contributed by atoms with van der Waals surface area (Å²) in [5.41, 5.74) is 1.20. The zero-order chi connectivity index (χ0) is 16.3. The normalized spacial score (nSPS) is 10.2. The highest BCUT2D eigenvalue weighted by Gasteiger charge is 2.14. The Morgan fingerprint density at radius 3 is 1.45 bits per heavy atom. The van der Waals surface area contributed by atoms with Gasteiger partial charge in [0.1, 0.15) is 11.6 Å². The molecule has 0 fully saturated rings. The lowest BCUT2D eigenvalue weighted by Gasteiger charge is -2.15. The number of benzene rings is 2. The Morgan fingerprint density at radius 1 is 0.773 bits per heavy atom. The molecule has 0 aliphatic heterocycles. The van der Waals surface area contributed by atoms with Crippen LogP contribution in [0.15, 0.2) is 36.4 Å². The number of anilines is 2. The van der Waals surface area contributed by atoms with E-state index in [0.717, 1.165) is 0 Å². The monoisotopic (exact) mass is 304 g/mol. The molecule has 0 aliphatic carbocycles. The standard InChI is InChI=1S/C16H14F2N2O2/c1-9(21)19-15-5-3-11(17)7-13(15)14-8-12(18)4-6-16(14)20-10(2)22/h3-8H,1-2H3,(H,19,21)(H,20,22). The molecule has 0 unspecified atom stereocenters. The largest absolute Gasteiger partial charge is 0.326 e. The van der Waals surface area contributed by atoms with Gasteiger partial charge in [-0.25, -0.2) is 8.78 Å². The molecule has 2 N–H and O–H groups in total. The van der Waals surface area contributed by atoms with Crippen molar-refractivity contribution in [3.05, 3.63) is 48.0 Å². The minimum absolute atomic E-state index is 0.276. The van der Waals surface area contributed by atoms with Crippen molar-refractivity contribution >= 4 is 23.2 Å². The first kappa shape index (κ1) is 15.6. The van der Waals surface area contributed by atoms with Crippen molar-refractivity contribution in [2.75, 3.05) is 10.6 Å². The third-order valence-electron chi connectivity index (χ3n) is 2.87. The highest BCUT2D eigenvalue weighted by Crippen LogP contribution is 2.35. The third-order valence-corrected chi connectivity index (χ3v) is 2.87. The van der Waals surface area contributed by atoms with Gasteiger partial charge in [0.2, 0.25) is 11.8 Å². The lowest BCUT2D eigenvalue weighted by molar-refractivity contribution is -0.115. The van der Waals surface area contributed by atoms with Gasteiger partial charge in [-0.15, -0.1) is 0 Å². The number of halogens is 2. The van der Waals surface area contributed by atoms with Crippen molar-refractivity contribution in [3.63, 3.8) is 0 Å². The lowest BCUT2D eigenvalue weighted by Crippen LogP contribution is -2.09. The molecule has 6 heteroatoms. The molecule has 0 atom stereocenters. The van der Waals surface area contributed by atoms with E-state index in [-0.39, 0.29) is 22.9 Å². The van der Waals surface area contributed by atoms with Crippen LogP contribution in [0, 0.1) is 11.6 Å². The molecule has 0 aliphatic rings. The first-order valence-corrected chi connectivity index (χ1v) is 6.51. The minimum atomic E-state index is -0.540. The van der Waals surface area contributed by atoms with Crippen LogP contribution in [0.2, 0.25) is 0 Å². The highest BCUT2D eigenvalue weighted by molar-refractivity contribution is 5.99. The number of hydrogen-bond donors (Lipinski definition) is 2. The van der Waals surface area contributed by atoms with Crippen molar-refractivity contribution in [2.24, 2.45) is 0 Å². The predicted octanol–water partition coefficient (Wildman–Crippen LogP) is 3.55. The molecule has 0 saturated heterocycles. The van der Waals surface area contributed by atoms with Crippen LogP contribution in [-0.2, 0) is 9.59 Å². The summed E-state index contributed by atoms with van der Waals surface area (Å²) in [5, 5.41) is 5.12. The van der Waals surface area contributed by atoms with Crippen molar-refractivity contribution in [3.8, 4) is 11.1 Å². The van der Waals surface area contributed by atoms with Gasteiger partial charge in [-0.2, -0.15) is 0 Å². The smallest absolute Gasteiger partial charge is 0.221 e. The Labute approximate surface area is 126 Å². The molecule has 0 spiro atoms. The van der Waals surface area contributed by atoms with Crippen molar-refractivity contribution in [1.29, 1.82) is 0 Å². The Hall–Kier alpha value is -2.76. The fraction of sp³-hybridized carbons (Fsp3) is 0.125. The van der Waals surface area contributed by atoms with E-state index in [1.54, 1.807) is 0 Å². The molecule has 2 aromatic carbocycles. The Balaban J connectivity index is 2.63. The van der Waals surface area contributed by atoms with Gasteiger partial charge in [-0.05, 0) is 36.4 Å².